The first kappa shape index (κ1) is 17.2. The molecular weight excluding hydrogens is 310 g/mol. The van der Waals surface area contributed by atoms with E-state index in [-0.39, 0.29) is 5.78 Å². The Hall–Kier alpha value is -2.14. The lowest BCUT2D eigenvalue weighted by atomic mass is 9.90. The number of hydrogen-bond acceptors (Lipinski definition) is 4. The minimum atomic E-state index is -0.868. The van der Waals surface area contributed by atoms with Crippen LogP contribution < -0.4 is 4.90 Å². The Morgan fingerprint density at radius 3 is 2.43 bits per heavy atom. The number of carboxylic acid groups (broad SMARTS) is 1. The van der Waals surface area contributed by atoms with Gasteiger partial charge in [-0.1, -0.05) is 25.1 Å². The van der Waals surface area contributed by atoms with Crippen molar-refractivity contribution < 1.29 is 14.7 Å². The van der Waals surface area contributed by atoms with Crippen LogP contribution in [0, 0.1) is 0 Å². The van der Waals surface area contributed by atoms with Gasteiger partial charge in [0.05, 0.1) is 10.8 Å². The van der Waals surface area contributed by atoms with Gasteiger partial charge >= 0.3 is 5.97 Å². The quantitative estimate of drug-likeness (QED) is 0.818. The zero-order valence-corrected chi connectivity index (χ0v) is 14.6. The van der Waals surface area contributed by atoms with Crippen molar-refractivity contribution >= 4 is 28.8 Å². The van der Waals surface area contributed by atoms with E-state index in [2.05, 4.69) is 0 Å². The van der Waals surface area contributed by atoms with E-state index >= 15 is 0 Å². The molecule has 0 saturated carbocycles. The number of aliphatic carboxylic acids is 1. The topological polar surface area (TPSA) is 57.6 Å². The number of nitrogens with zero attached hydrogens (tertiary/aromatic N) is 1. The van der Waals surface area contributed by atoms with Gasteiger partial charge in [-0.25, -0.2) is 0 Å². The molecule has 1 aromatic carbocycles. The summed E-state index contributed by atoms with van der Waals surface area (Å²) in [7, 11) is 3.76. The first-order valence-electron chi connectivity index (χ1n) is 7.52. The van der Waals surface area contributed by atoms with Crippen molar-refractivity contribution in [3.05, 3.63) is 51.2 Å². The highest BCUT2D eigenvalue weighted by Crippen LogP contribution is 2.34. The first-order valence-corrected chi connectivity index (χ1v) is 8.40. The second-order valence-electron chi connectivity index (χ2n) is 5.64. The minimum Gasteiger partial charge on any atom is -0.481 e. The van der Waals surface area contributed by atoms with Crippen molar-refractivity contribution in [3.8, 4) is 0 Å². The highest BCUT2D eigenvalue weighted by atomic mass is 32.1. The molecule has 0 aliphatic heterocycles. The lowest BCUT2D eigenvalue weighted by Gasteiger charge is -2.25. The number of rotatable bonds is 6. The van der Waals surface area contributed by atoms with Crippen LogP contribution in [0.15, 0.2) is 29.6 Å². The minimum absolute atomic E-state index is 0.00511. The number of carboxylic acids is 1. The van der Waals surface area contributed by atoms with Crippen molar-refractivity contribution in [1.82, 2.24) is 0 Å². The number of carbonyl (C=O) groups excluding carboxylic acids is 1. The molecule has 122 valence electrons. The van der Waals surface area contributed by atoms with Gasteiger partial charge in [0.15, 0.2) is 0 Å². The fourth-order valence-electron chi connectivity index (χ4n) is 2.78. The van der Waals surface area contributed by atoms with Crippen LogP contribution in [0.4, 0.5) is 5.69 Å². The van der Waals surface area contributed by atoms with E-state index < -0.39 is 11.9 Å². The highest BCUT2D eigenvalue weighted by molar-refractivity contribution is 7.12. The lowest BCUT2D eigenvalue weighted by molar-refractivity contribution is -0.138. The number of ketones is 1. The maximum atomic E-state index is 12.8. The average molecular weight is 331 g/mol. The molecule has 0 saturated heterocycles. The van der Waals surface area contributed by atoms with E-state index in [1.54, 1.807) is 19.1 Å². The van der Waals surface area contributed by atoms with Gasteiger partial charge in [-0.15, -0.1) is 11.3 Å². The molecule has 0 amide bonds. The predicted molar refractivity (Wildman–Crippen MR) is 93.9 cm³/mol. The van der Waals surface area contributed by atoms with Gasteiger partial charge in [-0.05, 0) is 35.9 Å². The Kier molecular flexibility index (Phi) is 5.21. The summed E-state index contributed by atoms with van der Waals surface area (Å²) in [5.74, 6) is -1.49. The monoisotopic (exact) mass is 331 g/mol. The number of thiophene rings is 1. The van der Waals surface area contributed by atoms with Crippen LogP contribution in [0.2, 0.25) is 0 Å². The molecule has 1 unspecified atom stereocenters. The van der Waals surface area contributed by atoms with Gasteiger partial charge in [0, 0.05) is 25.3 Å². The van der Waals surface area contributed by atoms with Gasteiger partial charge in [0.1, 0.15) is 0 Å². The van der Waals surface area contributed by atoms with Crippen molar-refractivity contribution in [3.63, 3.8) is 0 Å². The van der Waals surface area contributed by atoms with Crippen LogP contribution in [0.25, 0.3) is 0 Å². The number of carbonyl (C=O) groups is 2. The molecule has 0 fully saturated rings. The molecule has 1 atom stereocenters. The summed E-state index contributed by atoms with van der Waals surface area (Å²) < 4.78 is 0. The van der Waals surface area contributed by atoms with E-state index in [0.717, 1.165) is 16.8 Å². The van der Waals surface area contributed by atoms with E-state index in [0.29, 0.717) is 16.9 Å². The average Bonchev–Trinajstić information content (AvgIpc) is 3.06. The summed E-state index contributed by atoms with van der Waals surface area (Å²) >= 11 is 1.42. The van der Waals surface area contributed by atoms with Gasteiger partial charge < -0.3 is 10.0 Å². The summed E-state index contributed by atoms with van der Waals surface area (Å²) in [5.41, 5.74) is 3.13. The van der Waals surface area contributed by atoms with Crippen LogP contribution in [0.3, 0.4) is 0 Å². The fourth-order valence-corrected chi connectivity index (χ4v) is 3.45. The van der Waals surface area contributed by atoms with Crippen LogP contribution in [-0.4, -0.2) is 31.0 Å². The molecule has 2 rings (SSSR count). The molecule has 0 bridgehead atoms. The first-order chi connectivity index (χ1) is 10.9. The molecule has 5 heteroatoms. The van der Waals surface area contributed by atoms with Gasteiger partial charge in [-0.3, -0.25) is 9.59 Å². The zero-order valence-electron chi connectivity index (χ0n) is 13.8. The summed E-state index contributed by atoms with van der Waals surface area (Å²) in [6.45, 7) is 3.66. The van der Waals surface area contributed by atoms with E-state index in [1.165, 1.54) is 11.3 Å². The Balaban J connectivity index is 2.65. The van der Waals surface area contributed by atoms with Crippen molar-refractivity contribution in [2.24, 2.45) is 0 Å². The Labute approximate surface area is 140 Å². The summed E-state index contributed by atoms with van der Waals surface area (Å²) in [6, 6.07) is 7.21. The molecule has 0 radical (unpaired) electrons. The highest BCUT2D eigenvalue weighted by Gasteiger charge is 2.24. The van der Waals surface area contributed by atoms with Gasteiger partial charge in [-0.2, -0.15) is 0 Å². The molecule has 1 heterocycles. The molecule has 0 aliphatic carbocycles. The second-order valence-corrected chi connectivity index (χ2v) is 6.59. The van der Waals surface area contributed by atoms with Crippen molar-refractivity contribution in [2.45, 2.75) is 26.2 Å². The molecule has 0 spiro atoms. The standard InChI is InChI=1S/C18H21NO3S/c1-5-12-14(17(20)15-7-6-10-23-15)9-8-13(11(2)18(21)22)16(12)19(3)4/h6-11H,5H2,1-4H3,(H,21,22). The SMILES string of the molecule is CCc1c(C(=O)c2cccs2)ccc(C(C)C(=O)O)c1N(C)C. The van der Waals surface area contributed by atoms with Gasteiger partial charge in [0.25, 0.3) is 0 Å². The number of benzene rings is 1. The lowest BCUT2D eigenvalue weighted by Crippen LogP contribution is -2.20. The van der Waals surface area contributed by atoms with Crippen molar-refractivity contribution in [1.29, 1.82) is 0 Å². The largest absolute Gasteiger partial charge is 0.481 e. The Morgan fingerprint density at radius 2 is 1.96 bits per heavy atom. The van der Waals surface area contributed by atoms with E-state index in [4.69, 9.17) is 0 Å². The molecule has 1 N–H and O–H groups in total. The number of anilines is 1. The number of hydrogen-bond donors (Lipinski definition) is 1. The summed E-state index contributed by atoms with van der Waals surface area (Å²) in [6.07, 6.45) is 0.667. The fraction of sp³-hybridized carbons (Fsp3) is 0.333. The Bertz CT molecular complexity index is 720. The third kappa shape index (κ3) is 3.29. The van der Waals surface area contributed by atoms with E-state index in [1.807, 2.05) is 43.4 Å². The van der Waals surface area contributed by atoms with Crippen molar-refractivity contribution in [2.75, 3.05) is 19.0 Å². The Morgan fingerprint density at radius 1 is 1.26 bits per heavy atom. The maximum Gasteiger partial charge on any atom is 0.310 e. The smallest absolute Gasteiger partial charge is 0.310 e. The molecular formula is C18H21NO3S. The third-order valence-corrected chi connectivity index (χ3v) is 4.81. The third-order valence-electron chi connectivity index (χ3n) is 3.94. The second kappa shape index (κ2) is 6.96. The maximum absolute atomic E-state index is 12.8. The molecule has 1 aromatic heterocycles. The molecule has 23 heavy (non-hydrogen) atoms. The van der Waals surface area contributed by atoms with Crippen LogP contribution >= 0.6 is 11.3 Å². The van der Waals surface area contributed by atoms with Crippen LogP contribution in [0.1, 0.15) is 46.1 Å². The predicted octanol–water partition coefficient (Wildman–Crippen LogP) is 3.80. The van der Waals surface area contributed by atoms with Crippen LogP contribution in [-0.2, 0) is 11.2 Å². The van der Waals surface area contributed by atoms with Gasteiger partial charge in [0.2, 0.25) is 5.78 Å². The summed E-state index contributed by atoms with van der Waals surface area (Å²) in [5, 5.41) is 11.2. The molecule has 0 aliphatic rings. The normalized spacial score (nSPS) is 12.0. The summed E-state index contributed by atoms with van der Waals surface area (Å²) in [4.78, 5) is 26.7. The van der Waals surface area contributed by atoms with Crippen LogP contribution in [0.5, 0.6) is 0 Å². The molecule has 2 aromatic rings. The van der Waals surface area contributed by atoms with E-state index in [9.17, 15) is 14.7 Å². The zero-order chi connectivity index (χ0) is 17.1. The molecule has 4 nitrogen and oxygen atoms in total.